The summed E-state index contributed by atoms with van der Waals surface area (Å²) in [6.07, 6.45) is 0. The van der Waals surface area contributed by atoms with Crippen LogP contribution in [0.2, 0.25) is 0 Å². The van der Waals surface area contributed by atoms with Gasteiger partial charge in [0.2, 0.25) is 0 Å². The van der Waals surface area contributed by atoms with E-state index in [1.54, 1.807) is 13.0 Å². The molecular formula is C9H10N4O2. The minimum absolute atomic E-state index is 0.141. The Bertz CT molecular complexity index is 529. The highest BCUT2D eigenvalue weighted by atomic mass is 16.5. The first-order valence-corrected chi connectivity index (χ1v) is 4.59. The van der Waals surface area contributed by atoms with Gasteiger partial charge in [-0.2, -0.15) is 10.1 Å². The Hall–Kier alpha value is -1.98. The molecule has 0 radical (unpaired) electrons. The number of rotatable bonds is 2. The van der Waals surface area contributed by atoms with Gasteiger partial charge in [0.1, 0.15) is 5.69 Å². The molecule has 78 valence electrons. The molecule has 0 amide bonds. The van der Waals surface area contributed by atoms with E-state index >= 15 is 0 Å². The van der Waals surface area contributed by atoms with E-state index in [1.807, 2.05) is 6.92 Å². The molecule has 0 unspecified atom stereocenters. The first-order chi connectivity index (χ1) is 7.20. The maximum Gasteiger partial charge on any atom is 0.278 e. The van der Waals surface area contributed by atoms with Gasteiger partial charge in [-0.05, 0) is 19.9 Å². The molecule has 6 heteroatoms. The summed E-state index contributed by atoms with van der Waals surface area (Å²) in [7, 11) is 0. The molecule has 2 heterocycles. The fourth-order valence-electron chi connectivity index (χ4n) is 1.19. The zero-order valence-electron chi connectivity index (χ0n) is 8.47. The zero-order valence-corrected chi connectivity index (χ0v) is 8.47. The van der Waals surface area contributed by atoms with Crippen molar-refractivity contribution in [1.29, 1.82) is 0 Å². The fourth-order valence-corrected chi connectivity index (χ4v) is 1.19. The molecule has 0 N–H and O–H groups in total. The van der Waals surface area contributed by atoms with E-state index in [2.05, 4.69) is 15.2 Å². The van der Waals surface area contributed by atoms with Gasteiger partial charge in [-0.15, -0.1) is 0 Å². The summed E-state index contributed by atoms with van der Waals surface area (Å²) in [6.45, 7) is 4.08. The lowest BCUT2D eigenvalue weighted by Crippen LogP contribution is -2.21. The third-order valence-electron chi connectivity index (χ3n) is 1.91. The minimum atomic E-state index is -0.141. The van der Waals surface area contributed by atoms with Gasteiger partial charge in [-0.3, -0.25) is 4.79 Å². The average molecular weight is 206 g/mol. The quantitative estimate of drug-likeness (QED) is 0.720. The van der Waals surface area contributed by atoms with Crippen molar-refractivity contribution in [2.45, 2.75) is 20.4 Å². The first-order valence-electron chi connectivity index (χ1n) is 4.59. The van der Waals surface area contributed by atoms with Crippen molar-refractivity contribution in [1.82, 2.24) is 19.9 Å². The fraction of sp³-hybridized carbons (Fsp3) is 0.333. The summed E-state index contributed by atoms with van der Waals surface area (Å²) in [4.78, 5) is 15.3. The van der Waals surface area contributed by atoms with Gasteiger partial charge < -0.3 is 4.52 Å². The number of aromatic nitrogens is 4. The van der Waals surface area contributed by atoms with Crippen molar-refractivity contribution in [3.8, 4) is 11.6 Å². The Balaban J connectivity index is 2.50. The van der Waals surface area contributed by atoms with E-state index in [-0.39, 0.29) is 5.56 Å². The van der Waals surface area contributed by atoms with Crippen LogP contribution in [0.1, 0.15) is 12.7 Å². The van der Waals surface area contributed by atoms with Crippen molar-refractivity contribution in [3.63, 3.8) is 0 Å². The largest absolute Gasteiger partial charge is 0.332 e. The second kappa shape index (κ2) is 3.64. The van der Waals surface area contributed by atoms with Gasteiger partial charge in [-0.25, -0.2) is 4.68 Å². The van der Waals surface area contributed by atoms with Crippen molar-refractivity contribution < 1.29 is 4.52 Å². The summed E-state index contributed by atoms with van der Waals surface area (Å²) in [5, 5.41) is 7.74. The maximum absolute atomic E-state index is 11.3. The molecule has 0 aromatic carbocycles. The topological polar surface area (TPSA) is 73.8 Å². The number of hydrogen-bond donors (Lipinski definition) is 0. The number of hydrogen-bond acceptors (Lipinski definition) is 5. The Morgan fingerprint density at radius 1 is 1.47 bits per heavy atom. The SMILES string of the molecule is CCn1nc(-c2nc(C)no2)ccc1=O. The molecule has 0 fully saturated rings. The molecule has 0 aliphatic rings. The highest BCUT2D eigenvalue weighted by Crippen LogP contribution is 2.11. The molecule has 0 atom stereocenters. The van der Waals surface area contributed by atoms with Gasteiger partial charge in [0.25, 0.3) is 11.4 Å². The zero-order chi connectivity index (χ0) is 10.8. The molecule has 2 aromatic rings. The smallest absolute Gasteiger partial charge is 0.278 e. The monoisotopic (exact) mass is 206 g/mol. The van der Waals surface area contributed by atoms with Gasteiger partial charge in [0.05, 0.1) is 0 Å². The normalized spacial score (nSPS) is 10.5. The van der Waals surface area contributed by atoms with E-state index in [1.165, 1.54) is 10.7 Å². The number of aryl methyl sites for hydroxylation is 2. The van der Waals surface area contributed by atoms with Crippen LogP contribution in [-0.2, 0) is 6.54 Å². The molecule has 0 spiro atoms. The van der Waals surface area contributed by atoms with Crippen LogP contribution in [0.25, 0.3) is 11.6 Å². The minimum Gasteiger partial charge on any atom is -0.332 e. The van der Waals surface area contributed by atoms with Crippen molar-refractivity contribution in [2.24, 2.45) is 0 Å². The first kappa shape index (κ1) is 9.57. The molecule has 2 rings (SSSR count). The lowest BCUT2D eigenvalue weighted by atomic mass is 10.4. The lowest BCUT2D eigenvalue weighted by molar-refractivity contribution is 0.422. The predicted molar refractivity (Wildman–Crippen MR) is 52.2 cm³/mol. The molecule has 0 saturated heterocycles. The highest BCUT2D eigenvalue weighted by molar-refractivity contribution is 5.44. The Morgan fingerprint density at radius 3 is 2.87 bits per heavy atom. The highest BCUT2D eigenvalue weighted by Gasteiger charge is 2.08. The van der Waals surface area contributed by atoms with E-state index < -0.39 is 0 Å². The van der Waals surface area contributed by atoms with Crippen LogP contribution in [-0.4, -0.2) is 19.9 Å². The Morgan fingerprint density at radius 2 is 2.27 bits per heavy atom. The molecule has 15 heavy (non-hydrogen) atoms. The van der Waals surface area contributed by atoms with E-state index in [4.69, 9.17) is 4.52 Å². The van der Waals surface area contributed by atoms with Gasteiger partial charge in [-0.1, -0.05) is 5.16 Å². The average Bonchev–Trinajstić information content (AvgIpc) is 2.66. The second-order valence-corrected chi connectivity index (χ2v) is 3.02. The van der Waals surface area contributed by atoms with E-state index in [0.29, 0.717) is 24.0 Å². The molecule has 0 aliphatic heterocycles. The maximum atomic E-state index is 11.3. The van der Waals surface area contributed by atoms with Gasteiger partial charge in [0.15, 0.2) is 5.82 Å². The summed E-state index contributed by atoms with van der Waals surface area (Å²) < 4.78 is 6.29. The molecule has 0 aliphatic carbocycles. The Labute approximate surface area is 85.5 Å². The predicted octanol–water partition coefficient (Wildman–Crippen LogP) is 0.622. The van der Waals surface area contributed by atoms with E-state index in [9.17, 15) is 4.79 Å². The van der Waals surface area contributed by atoms with Crippen molar-refractivity contribution in [3.05, 3.63) is 28.3 Å². The summed E-state index contributed by atoms with van der Waals surface area (Å²) in [6, 6.07) is 3.01. The summed E-state index contributed by atoms with van der Waals surface area (Å²) >= 11 is 0. The Kier molecular flexibility index (Phi) is 2.32. The third kappa shape index (κ3) is 1.78. The van der Waals surface area contributed by atoms with E-state index in [0.717, 1.165) is 0 Å². The van der Waals surface area contributed by atoms with Crippen LogP contribution >= 0.6 is 0 Å². The summed E-state index contributed by atoms with van der Waals surface area (Å²) in [5.41, 5.74) is 0.370. The van der Waals surface area contributed by atoms with Crippen LogP contribution in [0.5, 0.6) is 0 Å². The van der Waals surface area contributed by atoms with Crippen LogP contribution in [0.15, 0.2) is 21.5 Å². The van der Waals surface area contributed by atoms with Crippen LogP contribution < -0.4 is 5.56 Å². The second-order valence-electron chi connectivity index (χ2n) is 3.02. The molecule has 0 bridgehead atoms. The van der Waals surface area contributed by atoms with Crippen molar-refractivity contribution in [2.75, 3.05) is 0 Å². The van der Waals surface area contributed by atoms with Crippen LogP contribution in [0, 0.1) is 6.92 Å². The molecule has 6 nitrogen and oxygen atoms in total. The molecule has 2 aromatic heterocycles. The van der Waals surface area contributed by atoms with Gasteiger partial charge in [0, 0.05) is 12.6 Å². The molecular weight excluding hydrogens is 196 g/mol. The lowest BCUT2D eigenvalue weighted by Gasteiger charge is -1.99. The third-order valence-corrected chi connectivity index (χ3v) is 1.91. The summed E-state index contributed by atoms with van der Waals surface area (Å²) in [5.74, 6) is 0.871. The van der Waals surface area contributed by atoms with Crippen molar-refractivity contribution >= 4 is 0 Å². The van der Waals surface area contributed by atoms with Crippen LogP contribution in [0.3, 0.4) is 0 Å². The molecule has 0 saturated carbocycles. The van der Waals surface area contributed by atoms with Crippen LogP contribution in [0.4, 0.5) is 0 Å². The van der Waals surface area contributed by atoms with Gasteiger partial charge >= 0.3 is 0 Å². The number of nitrogens with zero attached hydrogens (tertiary/aromatic N) is 4. The standard InChI is InChI=1S/C9H10N4O2/c1-3-13-8(14)5-4-7(11-13)9-10-6(2)12-15-9/h4-5H,3H2,1-2H3.